The van der Waals surface area contributed by atoms with Crippen molar-refractivity contribution in [3.8, 4) is 23.0 Å². The van der Waals surface area contributed by atoms with Crippen LogP contribution < -0.4 is 18.9 Å². The summed E-state index contributed by atoms with van der Waals surface area (Å²) in [5, 5.41) is 0. The molecule has 0 unspecified atom stereocenters. The number of carbonyl (C=O) groups excluding carboxylic acids is 1. The minimum absolute atomic E-state index is 0.00496. The predicted octanol–water partition coefficient (Wildman–Crippen LogP) is 3.54. The van der Waals surface area contributed by atoms with E-state index in [1.807, 2.05) is 0 Å². The van der Waals surface area contributed by atoms with E-state index < -0.39 is 5.82 Å². The van der Waals surface area contributed by atoms with E-state index in [0.29, 0.717) is 29.2 Å². The first kappa shape index (κ1) is 20.4. The zero-order valence-electron chi connectivity index (χ0n) is 15.8. The second kappa shape index (κ2) is 9.66. The number of rotatable bonds is 9. The number of methoxy groups -OCH3 is 4. The highest BCUT2D eigenvalue weighted by molar-refractivity contribution is 5.70. The van der Waals surface area contributed by atoms with Crippen molar-refractivity contribution in [2.75, 3.05) is 28.4 Å². The quantitative estimate of drug-likeness (QED) is 0.622. The van der Waals surface area contributed by atoms with E-state index in [2.05, 4.69) is 0 Å². The van der Waals surface area contributed by atoms with Crippen molar-refractivity contribution < 1.29 is 32.9 Å². The molecule has 2 rings (SSSR count). The van der Waals surface area contributed by atoms with E-state index in [-0.39, 0.29) is 24.7 Å². The zero-order chi connectivity index (χ0) is 19.8. The van der Waals surface area contributed by atoms with Gasteiger partial charge in [-0.15, -0.1) is 0 Å². The molecule has 0 fully saturated rings. The second-order valence-corrected chi connectivity index (χ2v) is 5.66. The van der Waals surface area contributed by atoms with Crippen LogP contribution in [0, 0.1) is 5.82 Å². The number of halogens is 1. The molecule has 2 aromatic rings. The van der Waals surface area contributed by atoms with Crippen molar-refractivity contribution in [2.24, 2.45) is 0 Å². The van der Waals surface area contributed by atoms with Crippen LogP contribution in [0.4, 0.5) is 4.39 Å². The fourth-order valence-corrected chi connectivity index (χ4v) is 2.56. The van der Waals surface area contributed by atoms with E-state index in [1.165, 1.54) is 40.6 Å². The molecule has 0 saturated carbocycles. The molecule has 0 saturated heterocycles. The van der Waals surface area contributed by atoms with Gasteiger partial charge in [0.1, 0.15) is 6.61 Å². The van der Waals surface area contributed by atoms with E-state index in [0.717, 1.165) is 5.56 Å². The number of hydrogen-bond acceptors (Lipinski definition) is 6. The fraction of sp³-hybridized carbons (Fsp3) is 0.350. The van der Waals surface area contributed by atoms with Crippen LogP contribution in [-0.4, -0.2) is 34.4 Å². The highest BCUT2D eigenvalue weighted by Gasteiger charge is 2.14. The molecule has 27 heavy (non-hydrogen) atoms. The van der Waals surface area contributed by atoms with Gasteiger partial charge in [0.25, 0.3) is 0 Å². The van der Waals surface area contributed by atoms with E-state index in [4.69, 9.17) is 23.7 Å². The van der Waals surface area contributed by atoms with Gasteiger partial charge in [0.2, 0.25) is 5.75 Å². The average Bonchev–Trinajstić information content (AvgIpc) is 2.69. The molecule has 0 radical (unpaired) electrons. The molecule has 6 nitrogen and oxygen atoms in total. The molecule has 0 aromatic heterocycles. The summed E-state index contributed by atoms with van der Waals surface area (Å²) < 4.78 is 39.6. The first-order valence-corrected chi connectivity index (χ1v) is 8.29. The van der Waals surface area contributed by atoms with Crippen LogP contribution in [0.1, 0.15) is 17.5 Å². The summed E-state index contributed by atoms with van der Waals surface area (Å²) in [6.45, 7) is -0.00496. The molecule has 146 valence electrons. The maximum Gasteiger partial charge on any atom is 0.306 e. The largest absolute Gasteiger partial charge is 0.494 e. The Kier molecular flexibility index (Phi) is 7.28. The predicted molar refractivity (Wildman–Crippen MR) is 97.2 cm³/mol. The Morgan fingerprint density at radius 3 is 2.00 bits per heavy atom. The third kappa shape index (κ3) is 5.26. The Morgan fingerprint density at radius 2 is 1.48 bits per heavy atom. The van der Waals surface area contributed by atoms with E-state index in [1.54, 1.807) is 18.2 Å². The maximum absolute atomic E-state index is 13.6. The van der Waals surface area contributed by atoms with Gasteiger partial charge >= 0.3 is 5.97 Å². The van der Waals surface area contributed by atoms with E-state index >= 15 is 0 Å². The van der Waals surface area contributed by atoms with Gasteiger partial charge in [-0.05, 0) is 41.8 Å². The minimum atomic E-state index is -0.497. The van der Waals surface area contributed by atoms with Gasteiger partial charge < -0.3 is 23.7 Å². The number of carbonyl (C=O) groups is 1. The molecule has 0 aliphatic rings. The van der Waals surface area contributed by atoms with Crippen molar-refractivity contribution in [1.29, 1.82) is 0 Å². The number of ether oxygens (including phenoxy) is 5. The van der Waals surface area contributed by atoms with Crippen LogP contribution in [-0.2, 0) is 22.6 Å². The first-order chi connectivity index (χ1) is 13.0. The summed E-state index contributed by atoms with van der Waals surface area (Å²) in [6.07, 6.45) is 0.601. The lowest BCUT2D eigenvalue weighted by molar-refractivity contribution is -0.144. The van der Waals surface area contributed by atoms with Crippen LogP contribution in [0.25, 0.3) is 0 Å². The molecule has 0 spiro atoms. The molecule has 7 heteroatoms. The average molecular weight is 378 g/mol. The molecule has 0 N–H and O–H groups in total. The smallest absolute Gasteiger partial charge is 0.306 e. The van der Waals surface area contributed by atoms with Crippen LogP contribution >= 0.6 is 0 Å². The highest BCUT2D eigenvalue weighted by atomic mass is 19.1. The summed E-state index contributed by atoms with van der Waals surface area (Å²) in [5.41, 5.74) is 1.39. The van der Waals surface area contributed by atoms with Gasteiger partial charge in [-0.1, -0.05) is 6.07 Å². The van der Waals surface area contributed by atoms with Crippen LogP contribution in [0.15, 0.2) is 30.3 Å². The Balaban J connectivity index is 1.94. The monoisotopic (exact) mass is 378 g/mol. The van der Waals surface area contributed by atoms with Gasteiger partial charge in [0, 0.05) is 6.42 Å². The van der Waals surface area contributed by atoms with Gasteiger partial charge in [-0.3, -0.25) is 4.79 Å². The molecule has 0 bridgehead atoms. The standard InChI is InChI=1S/C20H23FO6/c1-23-16-7-5-14(9-15(16)21)12-27-19(22)8-6-13-10-17(24-2)20(26-4)18(11-13)25-3/h5,7,9-11H,6,8,12H2,1-4H3. The normalized spacial score (nSPS) is 10.3. The molecular weight excluding hydrogens is 355 g/mol. The highest BCUT2D eigenvalue weighted by Crippen LogP contribution is 2.38. The Hall–Kier alpha value is -2.96. The lowest BCUT2D eigenvalue weighted by atomic mass is 10.1. The SMILES string of the molecule is COc1ccc(COC(=O)CCc2cc(OC)c(OC)c(OC)c2)cc1F. The van der Waals surface area contributed by atoms with Crippen molar-refractivity contribution >= 4 is 5.97 Å². The summed E-state index contributed by atoms with van der Waals surface area (Å²) in [7, 11) is 5.98. The molecular formula is C20H23FO6. The topological polar surface area (TPSA) is 63.2 Å². The first-order valence-electron chi connectivity index (χ1n) is 8.29. The van der Waals surface area contributed by atoms with Crippen molar-refractivity contribution in [3.63, 3.8) is 0 Å². The summed E-state index contributed by atoms with van der Waals surface area (Å²) in [4.78, 5) is 12.0. The third-order valence-electron chi connectivity index (χ3n) is 3.96. The van der Waals surface area contributed by atoms with Gasteiger partial charge in [0.15, 0.2) is 23.1 Å². The summed E-state index contributed by atoms with van der Waals surface area (Å²) in [6, 6.07) is 8.00. The van der Waals surface area contributed by atoms with Crippen LogP contribution in [0.3, 0.4) is 0 Å². The lowest BCUT2D eigenvalue weighted by Crippen LogP contribution is -2.06. The van der Waals surface area contributed by atoms with Crippen molar-refractivity contribution in [1.82, 2.24) is 0 Å². The van der Waals surface area contributed by atoms with Gasteiger partial charge in [-0.2, -0.15) is 0 Å². The molecule has 2 aromatic carbocycles. The third-order valence-corrected chi connectivity index (χ3v) is 3.96. The van der Waals surface area contributed by atoms with Crippen LogP contribution in [0.5, 0.6) is 23.0 Å². The Labute approximate surface area is 157 Å². The number of hydrogen-bond donors (Lipinski definition) is 0. The summed E-state index contributed by atoms with van der Waals surface area (Å²) >= 11 is 0. The Bertz CT molecular complexity index is 765. The molecule has 0 atom stereocenters. The Morgan fingerprint density at radius 1 is 0.852 bits per heavy atom. The van der Waals surface area contributed by atoms with Crippen LogP contribution in [0.2, 0.25) is 0 Å². The second-order valence-electron chi connectivity index (χ2n) is 5.66. The van der Waals surface area contributed by atoms with Crippen molar-refractivity contribution in [2.45, 2.75) is 19.4 Å². The molecule has 0 aliphatic carbocycles. The molecule has 0 aliphatic heterocycles. The summed E-state index contributed by atoms with van der Waals surface area (Å²) in [5.74, 6) is 0.798. The van der Waals surface area contributed by atoms with E-state index in [9.17, 15) is 9.18 Å². The lowest BCUT2D eigenvalue weighted by Gasteiger charge is -2.14. The van der Waals surface area contributed by atoms with Gasteiger partial charge in [0.05, 0.1) is 28.4 Å². The fourth-order valence-electron chi connectivity index (χ4n) is 2.56. The maximum atomic E-state index is 13.6. The molecule has 0 heterocycles. The minimum Gasteiger partial charge on any atom is -0.494 e. The molecule has 0 amide bonds. The van der Waals surface area contributed by atoms with Gasteiger partial charge in [-0.25, -0.2) is 4.39 Å². The number of benzene rings is 2. The zero-order valence-corrected chi connectivity index (χ0v) is 15.8. The number of esters is 1. The van der Waals surface area contributed by atoms with Crippen molar-refractivity contribution in [3.05, 3.63) is 47.3 Å². The number of aryl methyl sites for hydroxylation is 1.